The van der Waals surface area contributed by atoms with Crippen molar-refractivity contribution in [3.63, 3.8) is 0 Å². The van der Waals surface area contributed by atoms with Crippen molar-refractivity contribution in [1.82, 2.24) is 24.3 Å². The molecule has 184 valence electrons. The van der Waals surface area contributed by atoms with Gasteiger partial charge in [-0.05, 0) is 71.0 Å². The van der Waals surface area contributed by atoms with Gasteiger partial charge < -0.3 is 14.4 Å². The number of rotatable bonds is 6. The molecule has 8 heteroatoms. The number of benzene rings is 1. The maximum Gasteiger partial charge on any atom is 0.258 e. The van der Waals surface area contributed by atoms with Crippen molar-refractivity contribution in [2.75, 3.05) is 39.0 Å². The minimum absolute atomic E-state index is 0.00396. The molecule has 0 radical (unpaired) electrons. The fraction of sp³-hybridized carbons (Fsp3) is 0.407. The predicted octanol–water partition coefficient (Wildman–Crippen LogP) is 3.97. The Balaban J connectivity index is 1.68. The molecule has 0 aliphatic carbocycles. The second-order valence-corrected chi connectivity index (χ2v) is 9.49. The zero-order valence-electron chi connectivity index (χ0n) is 21.0. The van der Waals surface area contributed by atoms with E-state index in [1.165, 1.54) is 0 Å². The topological polar surface area (TPSA) is 83.4 Å². The van der Waals surface area contributed by atoms with Gasteiger partial charge in [-0.1, -0.05) is 18.2 Å². The number of nitrogens with one attached hydrogen (secondary N) is 1. The number of likely N-dealkylation sites (N-methyl/N-ethyl adjacent to an activating group) is 1. The Hall–Kier alpha value is -3.52. The van der Waals surface area contributed by atoms with Gasteiger partial charge in [-0.25, -0.2) is 4.98 Å². The lowest BCUT2D eigenvalue weighted by Gasteiger charge is -2.26. The number of amides is 2. The lowest BCUT2D eigenvalue weighted by molar-refractivity contribution is -0.126. The van der Waals surface area contributed by atoms with E-state index in [-0.39, 0.29) is 17.9 Å². The van der Waals surface area contributed by atoms with Gasteiger partial charge >= 0.3 is 0 Å². The first-order valence-corrected chi connectivity index (χ1v) is 12.1. The second-order valence-electron chi connectivity index (χ2n) is 9.49. The van der Waals surface area contributed by atoms with Crippen LogP contribution in [0, 0.1) is 13.8 Å². The summed E-state index contributed by atoms with van der Waals surface area (Å²) in [5, 5.41) is 3.04. The number of likely N-dealkylation sites (tertiary alicyclic amines) is 1. The molecule has 3 aromatic rings. The predicted molar refractivity (Wildman–Crippen MR) is 139 cm³/mol. The zero-order chi connectivity index (χ0) is 24.9. The molecule has 2 amide bonds. The Morgan fingerprint density at radius 1 is 1.20 bits per heavy atom. The summed E-state index contributed by atoms with van der Waals surface area (Å²) < 4.78 is 2.13. The van der Waals surface area contributed by atoms with E-state index in [0.29, 0.717) is 18.1 Å². The van der Waals surface area contributed by atoms with E-state index in [1.54, 1.807) is 24.4 Å². The number of aryl methyl sites for hydroxylation is 2. The molecule has 1 unspecified atom stereocenters. The summed E-state index contributed by atoms with van der Waals surface area (Å²) in [6, 6.07) is 9.47. The van der Waals surface area contributed by atoms with Gasteiger partial charge in [0.25, 0.3) is 5.91 Å². The zero-order valence-corrected chi connectivity index (χ0v) is 21.0. The average molecular weight is 475 g/mol. The van der Waals surface area contributed by atoms with Crippen LogP contribution in [0.3, 0.4) is 0 Å². The summed E-state index contributed by atoms with van der Waals surface area (Å²) in [5.74, 6) is 0.312. The molecular weight excluding hydrogens is 440 g/mol. The number of fused-ring (bicyclic) bond motifs is 1. The van der Waals surface area contributed by atoms with Crippen molar-refractivity contribution in [3.8, 4) is 0 Å². The third-order valence-corrected chi connectivity index (χ3v) is 6.35. The van der Waals surface area contributed by atoms with Crippen LogP contribution in [0.1, 0.15) is 46.9 Å². The van der Waals surface area contributed by atoms with E-state index < -0.39 is 0 Å². The quantitative estimate of drug-likeness (QED) is 0.547. The molecule has 1 atom stereocenters. The lowest BCUT2D eigenvalue weighted by Crippen LogP contribution is -2.35. The number of pyridine rings is 1. The molecule has 35 heavy (non-hydrogen) atoms. The van der Waals surface area contributed by atoms with E-state index >= 15 is 0 Å². The minimum atomic E-state index is -0.224. The van der Waals surface area contributed by atoms with Crippen molar-refractivity contribution < 1.29 is 9.59 Å². The van der Waals surface area contributed by atoms with Crippen LogP contribution < -0.4 is 5.32 Å². The number of hydrogen-bond donors (Lipinski definition) is 1. The number of nitrogens with zero attached hydrogens (tertiary/aromatic N) is 5. The fourth-order valence-corrected chi connectivity index (χ4v) is 4.63. The number of imidazole rings is 1. The van der Waals surface area contributed by atoms with Crippen molar-refractivity contribution in [2.45, 2.75) is 39.2 Å². The summed E-state index contributed by atoms with van der Waals surface area (Å²) in [5.41, 5.74) is 4.23. The van der Waals surface area contributed by atoms with Crippen LogP contribution in [0.15, 0.2) is 48.7 Å². The third kappa shape index (κ3) is 5.77. The van der Waals surface area contributed by atoms with Crippen molar-refractivity contribution >= 4 is 28.8 Å². The van der Waals surface area contributed by atoms with Crippen molar-refractivity contribution in [2.24, 2.45) is 0 Å². The van der Waals surface area contributed by atoms with E-state index in [0.717, 1.165) is 54.6 Å². The van der Waals surface area contributed by atoms with Crippen LogP contribution in [0.4, 0.5) is 5.95 Å². The SMILES string of the molecule is Cc1cc(C(=O)Nc2nc3cccc(C)c3n2C2CCCCN(C(=O)/C=C/CN(C)C)C2)ccn1. The Kier molecular flexibility index (Phi) is 7.60. The summed E-state index contributed by atoms with van der Waals surface area (Å²) >= 11 is 0. The van der Waals surface area contributed by atoms with Gasteiger partial charge in [0, 0.05) is 43.2 Å². The van der Waals surface area contributed by atoms with Crippen molar-refractivity contribution in [1.29, 1.82) is 0 Å². The molecule has 1 fully saturated rings. The van der Waals surface area contributed by atoms with Gasteiger partial charge in [-0.2, -0.15) is 0 Å². The van der Waals surface area contributed by atoms with E-state index in [4.69, 9.17) is 4.98 Å². The van der Waals surface area contributed by atoms with Gasteiger partial charge in [0.05, 0.1) is 17.1 Å². The monoisotopic (exact) mass is 474 g/mol. The maximum absolute atomic E-state index is 13.1. The molecule has 4 rings (SSSR count). The summed E-state index contributed by atoms with van der Waals surface area (Å²) in [6.45, 7) is 5.94. The average Bonchev–Trinajstić information content (AvgIpc) is 3.01. The largest absolute Gasteiger partial charge is 0.337 e. The molecule has 2 aromatic heterocycles. The molecule has 0 saturated carbocycles. The molecule has 1 aromatic carbocycles. The molecule has 3 heterocycles. The molecule has 0 bridgehead atoms. The van der Waals surface area contributed by atoms with Gasteiger partial charge in [0.2, 0.25) is 11.9 Å². The number of para-hydroxylation sites is 1. The Bertz CT molecular complexity index is 1250. The molecule has 1 N–H and O–H groups in total. The molecule has 1 saturated heterocycles. The molecule has 1 aliphatic heterocycles. The van der Waals surface area contributed by atoms with E-state index in [2.05, 4.69) is 27.9 Å². The highest BCUT2D eigenvalue weighted by Crippen LogP contribution is 2.32. The van der Waals surface area contributed by atoms with Crippen LogP contribution in [0.2, 0.25) is 0 Å². The van der Waals surface area contributed by atoms with Gasteiger partial charge in [-0.15, -0.1) is 0 Å². The van der Waals surface area contributed by atoms with Gasteiger partial charge in [-0.3, -0.25) is 19.9 Å². The number of anilines is 1. The second kappa shape index (κ2) is 10.8. The maximum atomic E-state index is 13.1. The summed E-state index contributed by atoms with van der Waals surface area (Å²) in [6.07, 6.45) is 8.07. The minimum Gasteiger partial charge on any atom is -0.337 e. The number of hydrogen-bond acceptors (Lipinski definition) is 5. The van der Waals surface area contributed by atoms with Gasteiger partial charge in [0.15, 0.2) is 0 Å². The Morgan fingerprint density at radius 2 is 2.03 bits per heavy atom. The van der Waals surface area contributed by atoms with E-state index in [9.17, 15) is 9.59 Å². The van der Waals surface area contributed by atoms with Crippen LogP contribution in [0.25, 0.3) is 11.0 Å². The smallest absolute Gasteiger partial charge is 0.258 e. The van der Waals surface area contributed by atoms with Gasteiger partial charge in [0.1, 0.15) is 0 Å². The van der Waals surface area contributed by atoms with Crippen LogP contribution in [-0.2, 0) is 4.79 Å². The standard InChI is InChI=1S/C27H34N6O2/c1-19-9-7-11-23-25(19)33(27(29-23)30-26(35)21-13-14-28-20(2)17-21)22-10-5-6-16-32(18-22)24(34)12-8-15-31(3)4/h7-9,11-14,17,22H,5-6,10,15-16,18H2,1-4H3,(H,29,30,35)/b12-8+. The molecule has 8 nitrogen and oxygen atoms in total. The molecule has 1 aliphatic rings. The van der Waals surface area contributed by atoms with Crippen LogP contribution >= 0.6 is 0 Å². The molecule has 0 spiro atoms. The Morgan fingerprint density at radius 3 is 2.80 bits per heavy atom. The highest BCUT2D eigenvalue weighted by atomic mass is 16.2. The molecular formula is C27H34N6O2. The number of aromatic nitrogens is 3. The lowest BCUT2D eigenvalue weighted by atomic mass is 10.1. The van der Waals surface area contributed by atoms with E-state index in [1.807, 2.05) is 49.0 Å². The fourth-order valence-electron chi connectivity index (χ4n) is 4.63. The highest BCUT2D eigenvalue weighted by Gasteiger charge is 2.27. The first kappa shape index (κ1) is 24.6. The van der Waals surface area contributed by atoms with Crippen molar-refractivity contribution in [3.05, 3.63) is 65.5 Å². The first-order valence-electron chi connectivity index (χ1n) is 12.1. The Labute approximate surface area is 206 Å². The first-order chi connectivity index (χ1) is 16.8. The highest BCUT2D eigenvalue weighted by molar-refractivity contribution is 6.04. The van der Waals surface area contributed by atoms with Crippen LogP contribution in [0.5, 0.6) is 0 Å². The van der Waals surface area contributed by atoms with Crippen LogP contribution in [-0.4, -0.2) is 69.9 Å². The number of carbonyl (C=O) groups is 2. The normalized spacial score (nSPS) is 16.7. The number of carbonyl (C=O) groups excluding carboxylic acids is 2. The third-order valence-electron chi connectivity index (χ3n) is 6.35. The summed E-state index contributed by atoms with van der Waals surface area (Å²) in [4.78, 5) is 39.0. The summed E-state index contributed by atoms with van der Waals surface area (Å²) in [7, 11) is 3.96.